The third kappa shape index (κ3) is 2.42. The van der Waals surface area contributed by atoms with Crippen LogP contribution in [0.15, 0.2) is 24.3 Å². The molecule has 0 aromatic heterocycles. The van der Waals surface area contributed by atoms with Crippen LogP contribution in [-0.4, -0.2) is 20.2 Å². The number of nitrogens with one attached hydrogen (secondary N) is 1. The third-order valence-corrected chi connectivity index (χ3v) is 3.66. The lowest BCUT2D eigenvalue weighted by molar-refractivity contribution is 0.311. The molecule has 0 spiro atoms. The molecule has 1 N–H and O–H groups in total. The summed E-state index contributed by atoms with van der Waals surface area (Å²) in [5.74, 6) is 0.873. The molecule has 1 aromatic carbocycles. The summed E-state index contributed by atoms with van der Waals surface area (Å²) in [6, 6.07) is 10.5. The van der Waals surface area contributed by atoms with E-state index in [1.807, 2.05) is 12.1 Å². The first-order valence-electron chi connectivity index (χ1n) is 6.03. The Bertz CT molecular complexity index is 416. The monoisotopic (exact) mass is 230 g/mol. The maximum atomic E-state index is 9.07. The minimum atomic E-state index is 0.00847. The highest BCUT2D eigenvalue weighted by Crippen LogP contribution is 2.37. The van der Waals surface area contributed by atoms with E-state index < -0.39 is 0 Å². The van der Waals surface area contributed by atoms with Gasteiger partial charge in [0.25, 0.3) is 0 Å². The number of ether oxygens (including phenoxy) is 1. The minimum Gasteiger partial charge on any atom is -0.497 e. The number of hydrogen-bond acceptors (Lipinski definition) is 3. The molecular weight excluding hydrogens is 212 g/mol. The molecule has 0 aliphatic carbocycles. The van der Waals surface area contributed by atoms with Gasteiger partial charge in [-0.2, -0.15) is 5.26 Å². The van der Waals surface area contributed by atoms with Crippen LogP contribution < -0.4 is 10.1 Å². The van der Waals surface area contributed by atoms with Crippen LogP contribution in [0.3, 0.4) is 0 Å². The SMILES string of the molecule is COc1cccc(C2(CC#N)CCNCC2)c1. The molecule has 1 heterocycles. The van der Waals surface area contributed by atoms with E-state index in [1.54, 1.807) is 7.11 Å². The van der Waals surface area contributed by atoms with Gasteiger partial charge >= 0.3 is 0 Å². The number of nitriles is 1. The van der Waals surface area contributed by atoms with Gasteiger partial charge in [-0.3, -0.25) is 0 Å². The van der Waals surface area contributed by atoms with Crippen molar-refractivity contribution >= 4 is 0 Å². The molecular formula is C14H18N2O. The van der Waals surface area contributed by atoms with Crippen LogP contribution in [0.25, 0.3) is 0 Å². The van der Waals surface area contributed by atoms with Crippen LogP contribution in [0, 0.1) is 11.3 Å². The first kappa shape index (κ1) is 11.9. The van der Waals surface area contributed by atoms with Crippen molar-refractivity contribution in [2.75, 3.05) is 20.2 Å². The van der Waals surface area contributed by atoms with Crippen molar-refractivity contribution in [3.05, 3.63) is 29.8 Å². The average molecular weight is 230 g/mol. The van der Waals surface area contributed by atoms with Gasteiger partial charge in [0, 0.05) is 11.8 Å². The zero-order valence-corrected chi connectivity index (χ0v) is 10.2. The van der Waals surface area contributed by atoms with Crippen LogP contribution in [-0.2, 0) is 5.41 Å². The zero-order chi connectivity index (χ0) is 12.1. The van der Waals surface area contributed by atoms with E-state index in [0.717, 1.165) is 31.7 Å². The Kier molecular flexibility index (Phi) is 3.65. The van der Waals surface area contributed by atoms with Crippen LogP contribution in [0.2, 0.25) is 0 Å². The quantitative estimate of drug-likeness (QED) is 0.866. The van der Waals surface area contributed by atoms with Gasteiger partial charge in [0.05, 0.1) is 13.2 Å². The zero-order valence-electron chi connectivity index (χ0n) is 10.2. The fourth-order valence-corrected chi connectivity index (χ4v) is 2.58. The lowest BCUT2D eigenvalue weighted by atomic mass is 9.71. The number of benzene rings is 1. The largest absolute Gasteiger partial charge is 0.497 e. The Morgan fingerprint density at radius 2 is 2.18 bits per heavy atom. The molecule has 1 aromatic rings. The lowest BCUT2D eigenvalue weighted by Gasteiger charge is -2.36. The smallest absolute Gasteiger partial charge is 0.119 e. The molecule has 0 amide bonds. The molecule has 1 saturated heterocycles. The predicted molar refractivity (Wildman–Crippen MR) is 67.0 cm³/mol. The normalized spacial score (nSPS) is 18.4. The highest BCUT2D eigenvalue weighted by atomic mass is 16.5. The number of hydrogen-bond donors (Lipinski definition) is 1. The van der Waals surface area contributed by atoms with Gasteiger partial charge in [-0.25, -0.2) is 0 Å². The van der Waals surface area contributed by atoms with Crippen molar-refractivity contribution in [1.29, 1.82) is 5.26 Å². The van der Waals surface area contributed by atoms with Crippen molar-refractivity contribution in [3.8, 4) is 11.8 Å². The first-order valence-corrected chi connectivity index (χ1v) is 6.03. The Morgan fingerprint density at radius 1 is 1.41 bits per heavy atom. The maximum absolute atomic E-state index is 9.07. The van der Waals surface area contributed by atoms with E-state index in [-0.39, 0.29) is 5.41 Å². The van der Waals surface area contributed by atoms with Gasteiger partial charge in [0.2, 0.25) is 0 Å². The topological polar surface area (TPSA) is 45.0 Å². The molecule has 0 saturated carbocycles. The molecule has 1 fully saturated rings. The van der Waals surface area contributed by atoms with Crippen LogP contribution in [0.1, 0.15) is 24.8 Å². The Morgan fingerprint density at radius 3 is 2.82 bits per heavy atom. The summed E-state index contributed by atoms with van der Waals surface area (Å²) < 4.78 is 5.27. The summed E-state index contributed by atoms with van der Waals surface area (Å²) in [6.45, 7) is 1.97. The van der Waals surface area contributed by atoms with Crippen LogP contribution in [0.4, 0.5) is 0 Å². The molecule has 0 radical (unpaired) electrons. The second-order valence-electron chi connectivity index (χ2n) is 4.60. The van der Waals surface area contributed by atoms with E-state index in [1.165, 1.54) is 5.56 Å². The van der Waals surface area contributed by atoms with Crippen LogP contribution >= 0.6 is 0 Å². The third-order valence-electron chi connectivity index (χ3n) is 3.66. The molecule has 2 rings (SSSR count). The molecule has 0 bridgehead atoms. The van der Waals surface area contributed by atoms with E-state index in [0.29, 0.717) is 6.42 Å². The Labute approximate surface area is 102 Å². The van der Waals surface area contributed by atoms with Gasteiger partial charge < -0.3 is 10.1 Å². The summed E-state index contributed by atoms with van der Waals surface area (Å²) in [5, 5.41) is 12.4. The molecule has 0 atom stereocenters. The summed E-state index contributed by atoms with van der Waals surface area (Å²) in [6.07, 6.45) is 2.63. The van der Waals surface area contributed by atoms with E-state index in [9.17, 15) is 0 Å². The average Bonchev–Trinajstić information content (AvgIpc) is 2.40. The summed E-state index contributed by atoms with van der Waals surface area (Å²) >= 11 is 0. The van der Waals surface area contributed by atoms with E-state index in [4.69, 9.17) is 10.00 Å². The van der Waals surface area contributed by atoms with Crippen molar-refractivity contribution in [3.63, 3.8) is 0 Å². The van der Waals surface area contributed by atoms with Gasteiger partial charge in [0.1, 0.15) is 5.75 Å². The number of nitrogens with zero attached hydrogens (tertiary/aromatic N) is 1. The molecule has 1 aliphatic rings. The van der Waals surface area contributed by atoms with Crippen molar-refractivity contribution in [1.82, 2.24) is 5.32 Å². The summed E-state index contributed by atoms with van der Waals surface area (Å²) in [4.78, 5) is 0. The van der Waals surface area contributed by atoms with Gasteiger partial charge in [-0.15, -0.1) is 0 Å². The van der Waals surface area contributed by atoms with Gasteiger partial charge in [0.15, 0.2) is 0 Å². The van der Waals surface area contributed by atoms with Crippen molar-refractivity contribution in [2.24, 2.45) is 0 Å². The maximum Gasteiger partial charge on any atom is 0.119 e. The number of piperidine rings is 1. The summed E-state index contributed by atoms with van der Waals surface area (Å²) in [7, 11) is 1.68. The van der Waals surface area contributed by atoms with Crippen LogP contribution in [0.5, 0.6) is 5.75 Å². The minimum absolute atomic E-state index is 0.00847. The fraction of sp³-hybridized carbons (Fsp3) is 0.500. The first-order chi connectivity index (χ1) is 8.30. The lowest BCUT2D eigenvalue weighted by Crippen LogP contribution is -2.39. The molecule has 3 heteroatoms. The Hall–Kier alpha value is -1.53. The standard InChI is InChI=1S/C14H18N2O/c1-17-13-4-2-3-12(11-13)14(5-8-15)6-9-16-10-7-14/h2-4,11,16H,5-7,9-10H2,1H3. The number of methoxy groups -OCH3 is 1. The highest BCUT2D eigenvalue weighted by Gasteiger charge is 2.33. The molecule has 90 valence electrons. The summed E-state index contributed by atoms with van der Waals surface area (Å²) in [5.41, 5.74) is 1.24. The second kappa shape index (κ2) is 5.20. The molecule has 1 aliphatic heterocycles. The predicted octanol–water partition coefficient (Wildman–Crippen LogP) is 2.23. The van der Waals surface area contributed by atoms with E-state index >= 15 is 0 Å². The van der Waals surface area contributed by atoms with Crippen molar-refractivity contribution < 1.29 is 4.74 Å². The second-order valence-corrected chi connectivity index (χ2v) is 4.60. The molecule has 3 nitrogen and oxygen atoms in total. The van der Waals surface area contributed by atoms with Gasteiger partial charge in [-0.1, -0.05) is 12.1 Å². The van der Waals surface area contributed by atoms with Gasteiger partial charge in [-0.05, 0) is 43.6 Å². The fourth-order valence-electron chi connectivity index (χ4n) is 2.58. The van der Waals surface area contributed by atoms with E-state index in [2.05, 4.69) is 23.5 Å². The van der Waals surface area contributed by atoms with Crippen molar-refractivity contribution in [2.45, 2.75) is 24.7 Å². The Balaban J connectivity index is 2.34. The molecule has 17 heavy (non-hydrogen) atoms. The highest BCUT2D eigenvalue weighted by molar-refractivity contribution is 5.35. The molecule has 0 unspecified atom stereocenters. The number of rotatable bonds is 3.